The average Bonchev–Trinajstić information content (AvgIpc) is 3.05. The van der Waals surface area contributed by atoms with Gasteiger partial charge in [-0.05, 0) is 40.2 Å². The fraction of sp³-hybridized carbons (Fsp3) is 0.733. The standard InChI is InChI=1S/C15H26N4O6/c1-7(18-14(23)10-5-4-6-16-10)12(21)17-8(2)13(22)19-11(9(3)20)15(24)25/h7-11,16,20H,4-6H2,1-3H3,(H,17,21)(H,18,23)(H,19,22)(H,24,25)/t7-,8-,9+,10-,11-/m0/s1. The molecule has 0 aromatic heterocycles. The number of carboxylic acids is 1. The highest BCUT2D eigenvalue weighted by atomic mass is 16.4. The van der Waals surface area contributed by atoms with Crippen LogP contribution in [0.2, 0.25) is 0 Å². The summed E-state index contributed by atoms with van der Waals surface area (Å²) in [5.41, 5.74) is 0. The molecule has 1 saturated heterocycles. The monoisotopic (exact) mass is 358 g/mol. The van der Waals surface area contributed by atoms with E-state index in [0.717, 1.165) is 13.0 Å². The van der Waals surface area contributed by atoms with Gasteiger partial charge in [0.25, 0.3) is 0 Å². The third-order valence-corrected chi connectivity index (χ3v) is 3.93. The number of rotatable bonds is 8. The predicted octanol–water partition coefficient (Wildman–Crippen LogP) is -2.30. The van der Waals surface area contributed by atoms with E-state index in [2.05, 4.69) is 21.3 Å². The minimum absolute atomic E-state index is 0.280. The second kappa shape index (κ2) is 9.33. The molecule has 25 heavy (non-hydrogen) atoms. The first-order valence-electron chi connectivity index (χ1n) is 8.18. The van der Waals surface area contributed by atoms with E-state index in [0.29, 0.717) is 6.42 Å². The van der Waals surface area contributed by atoms with E-state index >= 15 is 0 Å². The summed E-state index contributed by atoms with van der Waals surface area (Å²) in [4.78, 5) is 46.9. The van der Waals surface area contributed by atoms with Crippen molar-refractivity contribution >= 4 is 23.7 Å². The molecule has 10 nitrogen and oxygen atoms in total. The summed E-state index contributed by atoms with van der Waals surface area (Å²) in [6, 6.07) is -3.68. The average molecular weight is 358 g/mol. The lowest BCUT2D eigenvalue weighted by Gasteiger charge is -2.22. The topological polar surface area (TPSA) is 157 Å². The van der Waals surface area contributed by atoms with E-state index in [1.165, 1.54) is 20.8 Å². The van der Waals surface area contributed by atoms with Crippen LogP contribution in [0.1, 0.15) is 33.6 Å². The van der Waals surface area contributed by atoms with Crippen LogP contribution in [0, 0.1) is 0 Å². The highest BCUT2D eigenvalue weighted by Crippen LogP contribution is 2.05. The molecule has 1 fully saturated rings. The van der Waals surface area contributed by atoms with Crippen LogP contribution in [0.25, 0.3) is 0 Å². The van der Waals surface area contributed by atoms with Gasteiger partial charge in [-0.25, -0.2) is 4.79 Å². The van der Waals surface area contributed by atoms with E-state index in [4.69, 9.17) is 5.11 Å². The molecular weight excluding hydrogens is 332 g/mol. The smallest absolute Gasteiger partial charge is 0.328 e. The summed E-state index contributed by atoms with van der Waals surface area (Å²) < 4.78 is 0. The van der Waals surface area contributed by atoms with Crippen LogP contribution in [0.15, 0.2) is 0 Å². The van der Waals surface area contributed by atoms with Gasteiger partial charge in [0.1, 0.15) is 12.1 Å². The minimum Gasteiger partial charge on any atom is -0.480 e. The summed E-state index contributed by atoms with van der Waals surface area (Å²) in [5, 5.41) is 28.4. The number of carboxylic acid groups (broad SMARTS) is 1. The Morgan fingerprint density at radius 1 is 1.00 bits per heavy atom. The first-order valence-corrected chi connectivity index (χ1v) is 8.18. The van der Waals surface area contributed by atoms with E-state index in [9.17, 15) is 24.3 Å². The van der Waals surface area contributed by atoms with Crippen LogP contribution < -0.4 is 21.3 Å². The van der Waals surface area contributed by atoms with Crippen molar-refractivity contribution in [1.29, 1.82) is 0 Å². The molecule has 0 bridgehead atoms. The lowest BCUT2D eigenvalue weighted by molar-refractivity contribution is -0.145. The first-order chi connectivity index (χ1) is 11.6. The van der Waals surface area contributed by atoms with Crippen molar-refractivity contribution in [2.45, 2.75) is 63.9 Å². The molecule has 142 valence electrons. The van der Waals surface area contributed by atoms with E-state index in [1.807, 2.05) is 0 Å². The number of amides is 3. The third kappa shape index (κ3) is 6.31. The molecule has 0 aliphatic carbocycles. The molecule has 10 heteroatoms. The van der Waals surface area contributed by atoms with Crippen molar-refractivity contribution in [1.82, 2.24) is 21.3 Å². The molecule has 0 radical (unpaired) electrons. The van der Waals surface area contributed by atoms with Crippen LogP contribution in [0.5, 0.6) is 0 Å². The quantitative estimate of drug-likeness (QED) is 0.285. The van der Waals surface area contributed by atoms with Crippen molar-refractivity contribution in [2.75, 3.05) is 6.54 Å². The van der Waals surface area contributed by atoms with Crippen molar-refractivity contribution in [3.63, 3.8) is 0 Å². The normalized spacial score (nSPS) is 21.5. The van der Waals surface area contributed by atoms with Gasteiger partial charge in [0.05, 0.1) is 12.1 Å². The fourth-order valence-corrected chi connectivity index (χ4v) is 2.36. The SMILES string of the molecule is C[C@H](NC(=O)[C@H](C)NC(=O)[C@@H]1CCCN1)C(=O)N[C@H](C(=O)O)[C@@H](C)O. The first kappa shape index (κ1) is 20.8. The van der Waals surface area contributed by atoms with Crippen LogP contribution in [0.3, 0.4) is 0 Å². The van der Waals surface area contributed by atoms with Gasteiger partial charge in [0.15, 0.2) is 6.04 Å². The molecule has 1 aliphatic rings. The number of aliphatic carboxylic acids is 1. The van der Waals surface area contributed by atoms with Crippen LogP contribution in [0.4, 0.5) is 0 Å². The Labute approximate surface area is 145 Å². The Bertz CT molecular complexity index is 518. The minimum atomic E-state index is -1.47. The van der Waals surface area contributed by atoms with Gasteiger partial charge in [0.2, 0.25) is 17.7 Å². The molecule has 5 atom stereocenters. The molecule has 1 rings (SSSR count). The third-order valence-electron chi connectivity index (χ3n) is 3.93. The summed E-state index contributed by atoms with van der Waals surface area (Å²) >= 11 is 0. The number of carbonyl (C=O) groups excluding carboxylic acids is 3. The number of hydrogen-bond acceptors (Lipinski definition) is 6. The molecule has 0 saturated carbocycles. The molecule has 0 aromatic rings. The molecule has 0 aromatic carbocycles. The lowest BCUT2D eigenvalue weighted by atomic mass is 10.1. The van der Waals surface area contributed by atoms with Crippen LogP contribution in [-0.2, 0) is 19.2 Å². The molecular formula is C15H26N4O6. The largest absolute Gasteiger partial charge is 0.480 e. The van der Waals surface area contributed by atoms with Crippen LogP contribution in [-0.4, -0.2) is 70.7 Å². The van der Waals surface area contributed by atoms with Gasteiger partial charge in [-0.1, -0.05) is 0 Å². The Hall–Kier alpha value is -2.20. The number of nitrogens with one attached hydrogen (secondary N) is 4. The molecule has 1 heterocycles. The number of aliphatic hydroxyl groups excluding tert-OH is 1. The maximum absolute atomic E-state index is 12.1. The van der Waals surface area contributed by atoms with Gasteiger partial charge in [-0.2, -0.15) is 0 Å². The Balaban J connectivity index is 2.49. The second-order valence-electron chi connectivity index (χ2n) is 6.17. The van der Waals surface area contributed by atoms with E-state index in [1.54, 1.807) is 0 Å². The fourth-order valence-electron chi connectivity index (χ4n) is 2.36. The maximum Gasteiger partial charge on any atom is 0.328 e. The molecule has 1 aliphatic heterocycles. The number of hydrogen-bond donors (Lipinski definition) is 6. The lowest BCUT2D eigenvalue weighted by Crippen LogP contribution is -2.56. The maximum atomic E-state index is 12.1. The zero-order chi connectivity index (χ0) is 19.1. The van der Waals surface area contributed by atoms with Crippen molar-refractivity contribution in [2.24, 2.45) is 0 Å². The van der Waals surface area contributed by atoms with Crippen molar-refractivity contribution < 1.29 is 29.4 Å². The van der Waals surface area contributed by atoms with Crippen molar-refractivity contribution in [3.05, 3.63) is 0 Å². The molecule has 0 spiro atoms. The summed E-state index contributed by atoms with van der Waals surface area (Å²) in [6.45, 7) is 4.85. The molecule has 6 N–H and O–H groups in total. The summed E-state index contributed by atoms with van der Waals surface area (Å²) in [6.07, 6.45) is 0.306. The van der Waals surface area contributed by atoms with Gasteiger partial charge in [-0.3, -0.25) is 14.4 Å². The number of aliphatic hydroxyl groups is 1. The Kier molecular flexibility index (Phi) is 7.78. The second-order valence-corrected chi connectivity index (χ2v) is 6.17. The predicted molar refractivity (Wildman–Crippen MR) is 87.5 cm³/mol. The summed E-state index contributed by atoms with van der Waals surface area (Å²) in [5.74, 6) is -2.99. The number of carbonyl (C=O) groups is 4. The highest BCUT2D eigenvalue weighted by molar-refractivity contribution is 5.93. The molecule has 3 amide bonds. The van der Waals surface area contributed by atoms with Gasteiger partial charge in [0, 0.05) is 0 Å². The van der Waals surface area contributed by atoms with Gasteiger partial charge >= 0.3 is 5.97 Å². The van der Waals surface area contributed by atoms with Gasteiger partial charge < -0.3 is 31.5 Å². The Morgan fingerprint density at radius 2 is 1.56 bits per heavy atom. The van der Waals surface area contributed by atoms with E-state index < -0.39 is 42.0 Å². The highest BCUT2D eigenvalue weighted by Gasteiger charge is 2.29. The van der Waals surface area contributed by atoms with Crippen LogP contribution >= 0.6 is 0 Å². The zero-order valence-corrected chi connectivity index (χ0v) is 14.5. The molecule has 0 unspecified atom stereocenters. The van der Waals surface area contributed by atoms with Crippen molar-refractivity contribution in [3.8, 4) is 0 Å². The Morgan fingerprint density at radius 3 is 2.04 bits per heavy atom. The summed E-state index contributed by atoms with van der Waals surface area (Å²) in [7, 11) is 0. The van der Waals surface area contributed by atoms with E-state index in [-0.39, 0.29) is 11.9 Å². The zero-order valence-electron chi connectivity index (χ0n) is 14.5. The van der Waals surface area contributed by atoms with Gasteiger partial charge in [-0.15, -0.1) is 0 Å².